The molecule has 1 saturated heterocycles. The maximum Gasteiger partial charge on any atom is 0.152 e. The van der Waals surface area contributed by atoms with Crippen LogP contribution in [0.25, 0.3) is 0 Å². The molecule has 2 rings (SSSR count). The standard InChI is InChI=1S/C16H23NO/c1-11-12(2)16(18)14(4)17(13(11)3)10-15-8-6-5-7-9-15/h5-9,11-14H,10H2,1-4H3/t11-,12+,13+,14+/m1/s1. The molecule has 1 fully saturated rings. The lowest BCUT2D eigenvalue weighted by atomic mass is 9.78. The van der Waals surface area contributed by atoms with Gasteiger partial charge in [-0.2, -0.15) is 0 Å². The average molecular weight is 245 g/mol. The predicted molar refractivity (Wildman–Crippen MR) is 74.2 cm³/mol. The quantitative estimate of drug-likeness (QED) is 0.798. The molecule has 0 aromatic heterocycles. The first-order chi connectivity index (χ1) is 8.52. The molecule has 1 aliphatic heterocycles. The van der Waals surface area contributed by atoms with Crippen molar-refractivity contribution in [3.05, 3.63) is 35.9 Å². The van der Waals surface area contributed by atoms with Crippen molar-refractivity contribution >= 4 is 5.78 Å². The summed E-state index contributed by atoms with van der Waals surface area (Å²) in [6.45, 7) is 9.42. The van der Waals surface area contributed by atoms with Crippen LogP contribution in [0, 0.1) is 11.8 Å². The third kappa shape index (κ3) is 2.35. The second-order valence-corrected chi connectivity index (χ2v) is 5.62. The van der Waals surface area contributed by atoms with Crippen LogP contribution in [-0.4, -0.2) is 22.8 Å². The lowest BCUT2D eigenvalue weighted by molar-refractivity contribution is -0.136. The lowest BCUT2D eigenvalue weighted by Crippen LogP contribution is -2.55. The zero-order valence-electron chi connectivity index (χ0n) is 11.8. The van der Waals surface area contributed by atoms with Crippen LogP contribution in [0.5, 0.6) is 0 Å². The number of Topliss-reactive ketones (excluding diaryl/α,β-unsaturated/α-hetero) is 1. The number of likely N-dealkylation sites (tertiary alicyclic amines) is 1. The summed E-state index contributed by atoms with van der Waals surface area (Å²) in [5.74, 6) is 0.996. The highest BCUT2D eigenvalue weighted by Crippen LogP contribution is 2.31. The molecular weight excluding hydrogens is 222 g/mol. The summed E-state index contributed by atoms with van der Waals surface area (Å²) in [6.07, 6.45) is 0. The van der Waals surface area contributed by atoms with E-state index in [1.54, 1.807) is 0 Å². The van der Waals surface area contributed by atoms with Crippen molar-refractivity contribution in [2.24, 2.45) is 11.8 Å². The van der Waals surface area contributed by atoms with Gasteiger partial charge in [-0.3, -0.25) is 9.69 Å². The van der Waals surface area contributed by atoms with Crippen molar-refractivity contribution in [3.8, 4) is 0 Å². The molecule has 1 aromatic rings. The average Bonchev–Trinajstić information content (AvgIpc) is 2.40. The fourth-order valence-corrected chi connectivity index (χ4v) is 2.95. The Morgan fingerprint density at radius 1 is 1.06 bits per heavy atom. The number of hydrogen-bond acceptors (Lipinski definition) is 2. The Morgan fingerprint density at radius 3 is 2.28 bits per heavy atom. The monoisotopic (exact) mass is 245 g/mol. The maximum atomic E-state index is 12.2. The first-order valence-electron chi connectivity index (χ1n) is 6.85. The second-order valence-electron chi connectivity index (χ2n) is 5.62. The van der Waals surface area contributed by atoms with E-state index in [9.17, 15) is 4.79 Å². The topological polar surface area (TPSA) is 20.3 Å². The SMILES string of the molecule is C[C@@H]1[C@H](C)C(=O)[C@H](C)N(Cc2ccccc2)[C@H]1C. The smallest absolute Gasteiger partial charge is 0.152 e. The third-order valence-corrected chi connectivity index (χ3v) is 4.64. The minimum Gasteiger partial charge on any atom is -0.298 e. The predicted octanol–water partition coefficient (Wildman–Crippen LogP) is 3.12. The number of rotatable bonds is 2. The van der Waals surface area contributed by atoms with Gasteiger partial charge in [0.05, 0.1) is 6.04 Å². The molecule has 4 atom stereocenters. The highest BCUT2D eigenvalue weighted by molar-refractivity contribution is 5.86. The van der Waals surface area contributed by atoms with Gasteiger partial charge in [0.1, 0.15) is 0 Å². The minimum atomic E-state index is 0.0337. The van der Waals surface area contributed by atoms with Gasteiger partial charge in [0.2, 0.25) is 0 Å². The number of carbonyl (C=O) groups excluding carboxylic acids is 1. The van der Waals surface area contributed by atoms with E-state index < -0.39 is 0 Å². The highest BCUT2D eigenvalue weighted by Gasteiger charge is 2.40. The lowest BCUT2D eigenvalue weighted by Gasteiger charge is -2.44. The van der Waals surface area contributed by atoms with Gasteiger partial charge in [0.25, 0.3) is 0 Å². The van der Waals surface area contributed by atoms with Gasteiger partial charge < -0.3 is 0 Å². The van der Waals surface area contributed by atoms with Crippen molar-refractivity contribution in [1.82, 2.24) is 4.90 Å². The molecule has 2 heteroatoms. The van der Waals surface area contributed by atoms with Crippen LogP contribution < -0.4 is 0 Å². The summed E-state index contributed by atoms with van der Waals surface area (Å²) in [5, 5.41) is 0. The van der Waals surface area contributed by atoms with Gasteiger partial charge in [-0.25, -0.2) is 0 Å². The molecule has 1 aliphatic rings. The first-order valence-corrected chi connectivity index (χ1v) is 6.85. The molecule has 0 spiro atoms. The van der Waals surface area contributed by atoms with E-state index in [0.717, 1.165) is 6.54 Å². The third-order valence-electron chi connectivity index (χ3n) is 4.64. The van der Waals surface area contributed by atoms with Crippen molar-refractivity contribution in [1.29, 1.82) is 0 Å². The maximum absolute atomic E-state index is 12.2. The number of piperidine rings is 1. The number of carbonyl (C=O) groups is 1. The van der Waals surface area contributed by atoms with Crippen molar-refractivity contribution in [3.63, 3.8) is 0 Å². The number of hydrogen-bond donors (Lipinski definition) is 0. The van der Waals surface area contributed by atoms with Crippen LogP contribution >= 0.6 is 0 Å². The van der Waals surface area contributed by atoms with E-state index >= 15 is 0 Å². The van der Waals surface area contributed by atoms with Crippen LogP contribution in [0.15, 0.2) is 30.3 Å². The molecule has 0 bridgehead atoms. The number of ketones is 1. The Labute approximate surface area is 110 Å². The van der Waals surface area contributed by atoms with Crippen LogP contribution in [0.3, 0.4) is 0 Å². The van der Waals surface area contributed by atoms with Gasteiger partial charge in [-0.15, -0.1) is 0 Å². The summed E-state index contributed by atoms with van der Waals surface area (Å²) in [4.78, 5) is 14.6. The normalized spacial score (nSPS) is 33.7. The summed E-state index contributed by atoms with van der Waals surface area (Å²) < 4.78 is 0. The van der Waals surface area contributed by atoms with Crippen LogP contribution in [0.2, 0.25) is 0 Å². The molecule has 0 unspecified atom stereocenters. The number of benzene rings is 1. The van der Waals surface area contributed by atoms with E-state index in [2.05, 4.69) is 49.9 Å². The fraction of sp³-hybridized carbons (Fsp3) is 0.562. The molecule has 0 N–H and O–H groups in total. The van der Waals surface area contributed by atoms with E-state index in [4.69, 9.17) is 0 Å². The Hall–Kier alpha value is -1.15. The van der Waals surface area contributed by atoms with Crippen LogP contribution in [0.1, 0.15) is 33.3 Å². The molecule has 2 nitrogen and oxygen atoms in total. The van der Waals surface area contributed by atoms with E-state index in [1.807, 2.05) is 13.0 Å². The fourth-order valence-electron chi connectivity index (χ4n) is 2.95. The van der Waals surface area contributed by atoms with Crippen molar-refractivity contribution in [2.75, 3.05) is 0 Å². The molecule has 1 heterocycles. The van der Waals surface area contributed by atoms with E-state index in [1.165, 1.54) is 5.56 Å². The molecule has 0 amide bonds. The van der Waals surface area contributed by atoms with E-state index in [0.29, 0.717) is 17.7 Å². The first kappa shape index (κ1) is 13.3. The van der Waals surface area contributed by atoms with Gasteiger partial charge in [-0.1, -0.05) is 44.2 Å². The molecule has 18 heavy (non-hydrogen) atoms. The van der Waals surface area contributed by atoms with E-state index in [-0.39, 0.29) is 12.0 Å². The molecule has 0 saturated carbocycles. The van der Waals surface area contributed by atoms with Crippen LogP contribution in [-0.2, 0) is 11.3 Å². The van der Waals surface area contributed by atoms with Crippen molar-refractivity contribution in [2.45, 2.75) is 46.3 Å². The Morgan fingerprint density at radius 2 is 1.67 bits per heavy atom. The summed E-state index contributed by atoms with van der Waals surface area (Å²) in [7, 11) is 0. The zero-order chi connectivity index (χ0) is 13.3. The summed E-state index contributed by atoms with van der Waals surface area (Å²) in [6, 6.07) is 10.9. The Bertz CT molecular complexity index is 414. The second kappa shape index (κ2) is 5.23. The summed E-state index contributed by atoms with van der Waals surface area (Å²) >= 11 is 0. The number of nitrogens with zero attached hydrogens (tertiary/aromatic N) is 1. The van der Waals surface area contributed by atoms with Crippen LogP contribution in [0.4, 0.5) is 0 Å². The Balaban J connectivity index is 2.18. The minimum absolute atomic E-state index is 0.0337. The van der Waals surface area contributed by atoms with Gasteiger partial charge in [0.15, 0.2) is 5.78 Å². The molecule has 0 aliphatic carbocycles. The Kier molecular flexibility index (Phi) is 3.86. The van der Waals surface area contributed by atoms with Gasteiger partial charge >= 0.3 is 0 Å². The zero-order valence-corrected chi connectivity index (χ0v) is 11.8. The molecule has 0 radical (unpaired) electrons. The summed E-state index contributed by atoms with van der Waals surface area (Å²) in [5.41, 5.74) is 1.28. The van der Waals surface area contributed by atoms with Gasteiger partial charge in [-0.05, 0) is 25.3 Å². The molecule has 1 aromatic carbocycles. The highest BCUT2D eigenvalue weighted by atomic mass is 16.1. The van der Waals surface area contributed by atoms with Gasteiger partial charge in [0, 0.05) is 18.5 Å². The molecular formula is C16H23NO. The molecule has 98 valence electrons. The van der Waals surface area contributed by atoms with Crippen molar-refractivity contribution < 1.29 is 4.79 Å². The largest absolute Gasteiger partial charge is 0.298 e.